The van der Waals surface area contributed by atoms with E-state index in [-0.39, 0.29) is 23.9 Å². The van der Waals surface area contributed by atoms with E-state index in [9.17, 15) is 9.59 Å². The first-order chi connectivity index (χ1) is 16.2. The van der Waals surface area contributed by atoms with Crippen LogP contribution in [0.5, 0.6) is 0 Å². The van der Waals surface area contributed by atoms with E-state index in [1.807, 2.05) is 34.5 Å². The lowest BCUT2D eigenvalue weighted by Crippen LogP contribution is -2.54. The number of benzene rings is 2. The molecule has 0 radical (unpaired) electrons. The molecule has 2 saturated heterocycles. The third-order valence-electron chi connectivity index (χ3n) is 6.75. The molecule has 2 aromatic carbocycles. The average molecular weight is 460 g/mol. The highest BCUT2D eigenvalue weighted by atomic mass is 32.1. The topological polar surface area (TPSA) is 43.9 Å². The number of carbonyl (C=O) groups is 2. The second-order valence-electron chi connectivity index (χ2n) is 8.72. The molecule has 0 aliphatic carbocycles. The summed E-state index contributed by atoms with van der Waals surface area (Å²) in [5.74, 6) is 0.0979. The predicted octanol–water partition coefficient (Wildman–Crippen LogP) is 4.29. The van der Waals surface area contributed by atoms with Gasteiger partial charge in [0.1, 0.15) is 6.04 Å². The minimum atomic E-state index is -0.329. The molecular formula is C27H29N3O2S. The van der Waals surface area contributed by atoms with Crippen LogP contribution >= 0.6 is 11.3 Å². The zero-order valence-corrected chi connectivity index (χ0v) is 19.5. The Labute approximate surface area is 199 Å². The van der Waals surface area contributed by atoms with Crippen molar-refractivity contribution in [1.82, 2.24) is 14.7 Å². The summed E-state index contributed by atoms with van der Waals surface area (Å²) >= 11 is 1.44. The van der Waals surface area contributed by atoms with E-state index >= 15 is 0 Å². The van der Waals surface area contributed by atoms with Gasteiger partial charge in [-0.3, -0.25) is 14.5 Å². The van der Waals surface area contributed by atoms with Crippen LogP contribution in [-0.4, -0.2) is 65.3 Å². The summed E-state index contributed by atoms with van der Waals surface area (Å²) in [6, 6.07) is 24.8. The van der Waals surface area contributed by atoms with E-state index < -0.39 is 0 Å². The van der Waals surface area contributed by atoms with Crippen molar-refractivity contribution in [2.75, 3.05) is 32.7 Å². The van der Waals surface area contributed by atoms with E-state index in [4.69, 9.17) is 0 Å². The van der Waals surface area contributed by atoms with E-state index in [2.05, 4.69) is 53.4 Å². The van der Waals surface area contributed by atoms with Gasteiger partial charge in [-0.15, -0.1) is 11.3 Å². The van der Waals surface area contributed by atoms with Crippen molar-refractivity contribution >= 4 is 23.2 Å². The van der Waals surface area contributed by atoms with Gasteiger partial charge in [0.2, 0.25) is 5.91 Å². The molecule has 33 heavy (non-hydrogen) atoms. The fraction of sp³-hybridized carbons (Fsp3) is 0.333. The smallest absolute Gasteiger partial charge is 0.264 e. The van der Waals surface area contributed by atoms with Crippen molar-refractivity contribution in [3.8, 4) is 0 Å². The van der Waals surface area contributed by atoms with Crippen LogP contribution in [0.1, 0.15) is 39.7 Å². The van der Waals surface area contributed by atoms with Crippen LogP contribution in [0.2, 0.25) is 0 Å². The second kappa shape index (κ2) is 9.89. The molecule has 0 N–H and O–H groups in total. The van der Waals surface area contributed by atoms with Crippen LogP contribution in [0.15, 0.2) is 78.2 Å². The first-order valence-corrected chi connectivity index (χ1v) is 12.6. The largest absolute Gasteiger partial charge is 0.338 e. The second-order valence-corrected chi connectivity index (χ2v) is 9.67. The van der Waals surface area contributed by atoms with Crippen molar-refractivity contribution in [3.05, 3.63) is 94.2 Å². The number of carbonyl (C=O) groups excluding carboxylic acids is 2. The molecule has 170 valence electrons. The van der Waals surface area contributed by atoms with Gasteiger partial charge >= 0.3 is 0 Å². The maximum Gasteiger partial charge on any atom is 0.264 e. The van der Waals surface area contributed by atoms with E-state index in [1.165, 1.54) is 22.5 Å². The Morgan fingerprint density at radius 1 is 0.788 bits per heavy atom. The van der Waals surface area contributed by atoms with Gasteiger partial charge in [-0.2, -0.15) is 0 Å². The fourth-order valence-electron chi connectivity index (χ4n) is 5.10. The summed E-state index contributed by atoms with van der Waals surface area (Å²) in [5.41, 5.74) is 2.54. The van der Waals surface area contributed by atoms with Gasteiger partial charge in [0.05, 0.1) is 10.9 Å². The number of thiophene rings is 1. The van der Waals surface area contributed by atoms with Gasteiger partial charge in [0.25, 0.3) is 5.91 Å². The van der Waals surface area contributed by atoms with Crippen LogP contribution < -0.4 is 0 Å². The minimum Gasteiger partial charge on any atom is -0.338 e. The monoisotopic (exact) mass is 459 g/mol. The molecule has 2 fully saturated rings. The zero-order valence-electron chi connectivity index (χ0n) is 18.7. The molecule has 0 spiro atoms. The van der Waals surface area contributed by atoms with Gasteiger partial charge in [-0.1, -0.05) is 66.7 Å². The van der Waals surface area contributed by atoms with Crippen molar-refractivity contribution in [3.63, 3.8) is 0 Å². The predicted molar refractivity (Wildman–Crippen MR) is 131 cm³/mol. The number of piperazine rings is 1. The lowest BCUT2D eigenvalue weighted by atomic mass is 9.96. The van der Waals surface area contributed by atoms with Crippen LogP contribution in [0.25, 0.3) is 0 Å². The number of nitrogens with zero attached hydrogens (tertiary/aromatic N) is 3. The zero-order chi connectivity index (χ0) is 22.6. The van der Waals surface area contributed by atoms with Crippen molar-refractivity contribution in [2.45, 2.75) is 24.9 Å². The third kappa shape index (κ3) is 4.59. The summed E-state index contributed by atoms with van der Waals surface area (Å²) in [6.07, 6.45) is 1.64. The molecule has 2 aliphatic heterocycles. The molecule has 1 atom stereocenters. The van der Waals surface area contributed by atoms with E-state index in [1.54, 1.807) is 4.90 Å². The quantitative estimate of drug-likeness (QED) is 0.572. The fourth-order valence-corrected chi connectivity index (χ4v) is 5.78. The number of rotatable bonds is 5. The molecule has 5 nitrogen and oxygen atoms in total. The van der Waals surface area contributed by atoms with Gasteiger partial charge in [0, 0.05) is 32.7 Å². The lowest BCUT2D eigenvalue weighted by Gasteiger charge is -2.41. The number of likely N-dealkylation sites (tertiary alicyclic amines) is 1. The standard InChI is InChI=1S/C27H29N3O2S/c31-26(23-13-7-15-30(23)27(32)24-14-8-20-33-24)29-18-16-28(17-19-29)25(21-9-3-1-4-10-21)22-11-5-2-6-12-22/h1-6,8-12,14,20,23,25H,7,13,15-19H2/t23-/m0/s1. The highest BCUT2D eigenvalue weighted by Crippen LogP contribution is 2.30. The molecule has 5 rings (SSSR count). The molecule has 1 aromatic heterocycles. The molecule has 3 aromatic rings. The first-order valence-electron chi connectivity index (χ1n) is 11.7. The maximum absolute atomic E-state index is 13.4. The summed E-state index contributed by atoms with van der Waals surface area (Å²) in [4.78, 5) is 33.3. The normalized spacial score (nSPS) is 19.2. The van der Waals surface area contributed by atoms with Gasteiger partial charge in [0.15, 0.2) is 0 Å². The third-order valence-corrected chi connectivity index (χ3v) is 7.61. The van der Waals surface area contributed by atoms with E-state index in [0.29, 0.717) is 24.5 Å². The minimum absolute atomic E-state index is 0.00675. The van der Waals surface area contributed by atoms with Crippen LogP contribution in [0.4, 0.5) is 0 Å². The molecule has 0 unspecified atom stereocenters. The highest BCUT2D eigenvalue weighted by Gasteiger charge is 2.38. The number of amides is 2. The van der Waals surface area contributed by atoms with Crippen molar-refractivity contribution < 1.29 is 9.59 Å². The van der Waals surface area contributed by atoms with Gasteiger partial charge in [-0.05, 0) is 35.4 Å². The summed E-state index contributed by atoms with van der Waals surface area (Å²) in [6.45, 7) is 3.66. The Morgan fingerprint density at radius 2 is 1.42 bits per heavy atom. The molecule has 3 heterocycles. The van der Waals surface area contributed by atoms with Crippen LogP contribution in [-0.2, 0) is 4.79 Å². The van der Waals surface area contributed by atoms with Crippen molar-refractivity contribution in [1.29, 1.82) is 0 Å². The number of hydrogen-bond acceptors (Lipinski definition) is 4. The van der Waals surface area contributed by atoms with Gasteiger partial charge < -0.3 is 9.80 Å². The van der Waals surface area contributed by atoms with Crippen LogP contribution in [0.3, 0.4) is 0 Å². The Hall–Kier alpha value is -2.96. The molecule has 0 saturated carbocycles. The Morgan fingerprint density at radius 3 is 2.00 bits per heavy atom. The first kappa shape index (κ1) is 21.9. The Balaban J connectivity index is 1.28. The number of hydrogen-bond donors (Lipinski definition) is 0. The van der Waals surface area contributed by atoms with Gasteiger partial charge in [-0.25, -0.2) is 0 Å². The van der Waals surface area contributed by atoms with E-state index in [0.717, 1.165) is 25.9 Å². The molecule has 2 aliphatic rings. The summed E-state index contributed by atoms with van der Waals surface area (Å²) < 4.78 is 0. The highest BCUT2D eigenvalue weighted by molar-refractivity contribution is 7.12. The average Bonchev–Trinajstić information content (AvgIpc) is 3.58. The summed E-state index contributed by atoms with van der Waals surface area (Å²) in [7, 11) is 0. The SMILES string of the molecule is O=C([C@@H]1CCCN1C(=O)c1cccs1)N1CCN(C(c2ccccc2)c2ccccc2)CC1. The molecule has 2 amide bonds. The lowest BCUT2D eigenvalue weighted by molar-refractivity contribution is -0.137. The maximum atomic E-state index is 13.4. The Bertz CT molecular complexity index is 1020. The molecule has 6 heteroatoms. The Kier molecular flexibility index (Phi) is 6.55. The summed E-state index contributed by atoms with van der Waals surface area (Å²) in [5, 5.41) is 1.91. The van der Waals surface area contributed by atoms with Crippen LogP contribution in [0, 0.1) is 0 Å². The molecule has 0 bridgehead atoms. The van der Waals surface area contributed by atoms with Crippen molar-refractivity contribution in [2.24, 2.45) is 0 Å². The molecular weight excluding hydrogens is 430 g/mol.